The third-order valence-electron chi connectivity index (χ3n) is 1.25. The van der Waals surface area contributed by atoms with Gasteiger partial charge in [-0.25, -0.2) is 0 Å². The van der Waals surface area contributed by atoms with E-state index in [9.17, 15) is 10.1 Å². The zero-order valence-electron chi connectivity index (χ0n) is 6.15. The van der Waals surface area contributed by atoms with E-state index in [1.165, 1.54) is 12.1 Å². The first-order valence-electron chi connectivity index (χ1n) is 2.94. The van der Waals surface area contributed by atoms with Crippen molar-refractivity contribution in [2.24, 2.45) is 0 Å². The van der Waals surface area contributed by atoms with Gasteiger partial charge in [-0.2, -0.15) is 0 Å². The maximum atomic E-state index is 10.2. The van der Waals surface area contributed by atoms with Crippen LogP contribution in [0.25, 0.3) is 4.98 Å². The van der Waals surface area contributed by atoms with Crippen LogP contribution in [-0.2, 0) is 0 Å². The Balaban J connectivity index is 0.00000144. The van der Waals surface area contributed by atoms with Crippen LogP contribution in [0.2, 0.25) is 5.02 Å². The van der Waals surface area contributed by atoms with Crippen molar-refractivity contribution < 1.29 is 17.3 Å². The van der Waals surface area contributed by atoms with E-state index in [0.717, 1.165) is 6.07 Å². The Morgan fingerprint density at radius 2 is 2.15 bits per heavy atom. The topological polar surface area (TPSA) is 71.3 Å². The molecule has 0 radical (unpaired) electrons. The van der Waals surface area contributed by atoms with Crippen LogP contribution in [0, 0.1) is 15.5 Å². The number of diazo groups is 1. The van der Waals surface area contributed by atoms with Gasteiger partial charge in [0.2, 0.25) is 5.39 Å². The number of benzene rings is 1. The smallest absolute Gasteiger partial charge is 0.403 e. The Morgan fingerprint density at radius 1 is 1.54 bits per heavy atom. The van der Waals surface area contributed by atoms with Crippen molar-refractivity contribution in [2.75, 3.05) is 0 Å². The van der Waals surface area contributed by atoms with Crippen molar-refractivity contribution in [1.82, 2.24) is 0 Å². The summed E-state index contributed by atoms with van der Waals surface area (Å²) >= 11 is 5.52. The summed E-state index contributed by atoms with van der Waals surface area (Å²) in [6, 6.07) is 3.60. The van der Waals surface area contributed by atoms with Gasteiger partial charge in [0.15, 0.2) is 4.98 Å². The van der Waals surface area contributed by atoms with Crippen LogP contribution < -0.4 is 12.4 Å². The summed E-state index contributed by atoms with van der Waals surface area (Å²) in [5, 5.41) is 18.6. The lowest BCUT2D eigenvalue weighted by atomic mass is 10.3. The number of rotatable bonds is 1. The summed E-state index contributed by atoms with van der Waals surface area (Å²) < 4.78 is 0. The molecule has 0 heterocycles. The maximum absolute atomic E-state index is 10.2. The fraction of sp³-hybridized carbons (Fsp3) is 0. The average molecular weight is 220 g/mol. The van der Waals surface area contributed by atoms with Crippen molar-refractivity contribution >= 4 is 23.0 Å². The molecule has 0 bridgehead atoms. The van der Waals surface area contributed by atoms with Gasteiger partial charge < -0.3 is 12.4 Å². The molecular weight excluding hydrogens is 217 g/mol. The van der Waals surface area contributed by atoms with Gasteiger partial charge in [0, 0.05) is 18.2 Å². The number of halogens is 2. The van der Waals surface area contributed by atoms with Crippen molar-refractivity contribution in [1.29, 1.82) is 5.39 Å². The lowest BCUT2D eigenvalue weighted by Gasteiger charge is -1.87. The van der Waals surface area contributed by atoms with Crippen molar-refractivity contribution in [2.45, 2.75) is 0 Å². The Kier molecular flexibility index (Phi) is 4.11. The Labute approximate surface area is 84.5 Å². The second-order valence-corrected chi connectivity index (χ2v) is 2.40. The van der Waals surface area contributed by atoms with E-state index in [4.69, 9.17) is 17.0 Å². The molecule has 0 fully saturated rings. The standard InChI is InChI=1S/C6H3ClN3O2.ClH/c7-5-3-4(10(11)12)1-2-6(5)9-8;/h1-3H;1H/q+1;/p-1. The molecule has 1 aromatic rings. The molecule has 1 rings (SSSR count). The van der Waals surface area contributed by atoms with Crippen molar-refractivity contribution in [3.8, 4) is 0 Å². The van der Waals surface area contributed by atoms with Crippen molar-refractivity contribution in [3.05, 3.63) is 38.3 Å². The Morgan fingerprint density at radius 3 is 2.54 bits per heavy atom. The van der Waals surface area contributed by atoms with Gasteiger partial charge in [0.1, 0.15) is 5.02 Å². The zero-order valence-corrected chi connectivity index (χ0v) is 7.66. The van der Waals surface area contributed by atoms with Crippen LogP contribution in [0.1, 0.15) is 0 Å². The summed E-state index contributed by atoms with van der Waals surface area (Å²) in [4.78, 5) is 12.4. The first-order valence-corrected chi connectivity index (χ1v) is 3.32. The van der Waals surface area contributed by atoms with Crippen LogP contribution in [0.15, 0.2) is 18.2 Å². The summed E-state index contributed by atoms with van der Waals surface area (Å²) in [7, 11) is 0. The summed E-state index contributed by atoms with van der Waals surface area (Å²) in [6.45, 7) is 0. The van der Waals surface area contributed by atoms with Crippen LogP contribution in [0.4, 0.5) is 11.4 Å². The fourth-order valence-electron chi connectivity index (χ4n) is 0.690. The molecule has 0 aromatic heterocycles. The second kappa shape index (κ2) is 4.60. The van der Waals surface area contributed by atoms with Gasteiger partial charge >= 0.3 is 5.69 Å². The van der Waals surface area contributed by atoms with Gasteiger partial charge in [0.25, 0.3) is 5.69 Å². The molecule has 0 unspecified atom stereocenters. The Bertz CT molecular complexity index is 375. The van der Waals surface area contributed by atoms with Gasteiger partial charge in [0.05, 0.1) is 4.92 Å². The summed E-state index contributed by atoms with van der Waals surface area (Å²) in [5.41, 5.74) is -0.0188. The molecule has 5 nitrogen and oxygen atoms in total. The molecule has 13 heavy (non-hydrogen) atoms. The highest BCUT2D eigenvalue weighted by Crippen LogP contribution is 2.28. The molecule has 0 N–H and O–H groups in total. The van der Waals surface area contributed by atoms with Crippen LogP contribution in [0.5, 0.6) is 0 Å². The van der Waals surface area contributed by atoms with E-state index in [-0.39, 0.29) is 28.8 Å². The van der Waals surface area contributed by atoms with Crippen LogP contribution in [0.3, 0.4) is 0 Å². The predicted molar refractivity (Wildman–Crippen MR) is 42.9 cm³/mol. The molecule has 0 saturated carbocycles. The van der Waals surface area contributed by atoms with Crippen LogP contribution in [-0.4, -0.2) is 4.92 Å². The molecule has 68 valence electrons. The highest BCUT2D eigenvalue weighted by atomic mass is 35.5. The first kappa shape index (κ1) is 11.6. The van der Waals surface area contributed by atoms with Gasteiger partial charge in [-0.15, -0.1) is 0 Å². The quantitative estimate of drug-likeness (QED) is 0.371. The van der Waals surface area contributed by atoms with E-state index in [0.29, 0.717) is 0 Å². The number of non-ortho nitro benzene ring substituents is 1. The largest absolute Gasteiger partial charge is 1.00 e. The Hall–Kier alpha value is -1.38. The minimum absolute atomic E-state index is 0. The molecule has 0 atom stereocenters. The average Bonchev–Trinajstić information content (AvgIpc) is 2.04. The second-order valence-electron chi connectivity index (χ2n) is 1.99. The normalized spacial score (nSPS) is 8.31. The molecule has 0 aliphatic carbocycles. The minimum atomic E-state index is -0.576. The first-order chi connectivity index (χ1) is 5.65. The van der Waals surface area contributed by atoms with E-state index in [1.807, 2.05) is 0 Å². The highest BCUT2D eigenvalue weighted by Gasteiger charge is 2.16. The third-order valence-corrected chi connectivity index (χ3v) is 1.55. The van der Waals surface area contributed by atoms with E-state index >= 15 is 0 Å². The van der Waals surface area contributed by atoms with Gasteiger partial charge in [-0.05, 0) is 0 Å². The predicted octanol–water partition coefficient (Wildman–Crippen LogP) is -0.263. The molecule has 0 saturated heterocycles. The van der Waals surface area contributed by atoms with E-state index in [1.54, 1.807) is 0 Å². The third kappa shape index (κ3) is 2.54. The molecule has 0 aliphatic rings. The van der Waals surface area contributed by atoms with Crippen LogP contribution >= 0.6 is 11.6 Å². The molecule has 7 heteroatoms. The summed E-state index contributed by atoms with van der Waals surface area (Å²) in [6.07, 6.45) is 0. The van der Waals surface area contributed by atoms with E-state index in [2.05, 4.69) is 4.98 Å². The number of nitro benzene ring substituents is 1. The SMILES string of the molecule is N#[N+]c1ccc([N+](=O)[O-])cc1Cl.[Cl-]. The highest BCUT2D eigenvalue weighted by molar-refractivity contribution is 6.33. The molecule has 0 spiro atoms. The lowest BCUT2D eigenvalue weighted by molar-refractivity contribution is -0.384. The van der Waals surface area contributed by atoms with Crippen molar-refractivity contribution in [3.63, 3.8) is 0 Å². The number of hydrogen-bond donors (Lipinski definition) is 0. The van der Waals surface area contributed by atoms with Gasteiger partial charge in [-0.1, -0.05) is 11.6 Å². The fourth-order valence-corrected chi connectivity index (χ4v) is 0.903. The lowest BCUT2D eigenvalue weighted by Crippen LogP contribution is -3.00. The molecule has 0 aliphatic heterocycles. The minimum Gasteiger partial charge on any atom is -1.00 e. The van der Waals surface area contributed by atoms with Gasteiger partial charge in [-0.3, -0.25) is 10.1 Å². The maximum Gasteiger partial charge on any atom is 0.403 e. The zero-order chi connectivity index (χ0) is 9.14. The number of nitro groups is 1. The van der Waals surface area contributed by atoms with E-state index < -0.39 is 4.92 Å². The molecular formula is C6H3Cl2N3O2. The molecule has 1 aromatic carbocycles. The number of hydrogen-bond acceptors (Lipinski definition) is 3. The number of nitrogens with zero attached hydrogens (tertiary/aromatic N) is 3. The summed E-state index contributed by atoms with van der Waals surface area (Å²) in [5.74, 6) is 0. The molecule has 0 amide bonds. The monoisotopic (exact) mass is 219 g/mol.